The van der Waals surface area contributed by atoms with E-state index >= 15 is 0 Å². The van der Waals surface area contributed by atoms with Crippen LogP contribution in [0.4, 0.5) is 4.79 Å². The van der Waals surface area contributed by atoms with Gasteiger partial charge in [0.25, 0.3) is 6.01 Å². The Morgan fingerprint density at radius 3 is 2.33 bits per heavy atom. The Morgan fingerprint density at radius 1 is 0.828 bits per heavy atom. The van der Waals surface area contributed by atoms with Gasteiger partial charge in [-0.1, -0.05) is 66.7 Å². The molecule has 0 amide bonds. The maximum atomic E-state index is 13.2. The Morgan fingerprint density at radius 2 is 1.57 bits per heavy atom. The van der Waals surface area contributed by atoms with Crippen LogP contribution in [0.1, 0.15) is 54.4 Å². The van der Waals surface area contributed by atoms with Gasteiger partial charge in [0.15, 0.2) is 0 Å². The number of imidazole rings is 1. The van der Waals surface area contributed by atoms with Crippen molar-refractivity contribution in [3.05, 3.63) is 108 Å². The molecule has 4 aromatic carbocycles. The molecule has 0 spiro atoms. The van der Waals surface area contributed by atoms with Crippen LogP contribution in [-0.2, 0) is 32.3 Å². The number of benzene rings is 4. The molecule has 0 radical (unpaired) electrons. The largest absolute Gasteiger partial charge is 0.515 e. The molecule has 0 aliphatic heterocycles. The second-order valence-corrected chi connectivity index (χ2v) is 12.4. The average Bonchev–Trinajstić information content (AvgIpc) is 3.84. The zero-order chi connectivity index (χ0) is 41.0. The predicted molar refractivity (Wildman–Crippen MR) is 198 cm³/mol. The van der Waals surface area contributed by atoms with Crippen LogP contribution in [0.15, 0.2) is 91.0 Å². The van der Waals surface area contributed by atoms with E-state index in [1.165, 1.54) is 12.1 Å². The monoisotopic (exact) mass is 800 g/mol. The molecule has 0 saturated heterocycles. The molecule has 1 atom stereocenters. The van der Waals surface area contributed by atoms with Crippen LogP contribution >= 0.6 is 0 Å². The second-order valence-electron chi connectivity index (χ2n) is 12.4. The Labute approximate surface area is 330 Å². The van der Waals surface area contributed by atoms with Gasteiger partial charge in [0.2, 0.25) is 12.1 Å². The highest BCUT2D eigenvalue weighted by Crippen LogP contribution is 2.32. The molecule has 20 nitrogen and oxygen atoms in total. The molecular formula is C38H40N8O12. The van der Waals surface area contributed by atoms with Crippen molar-refractivity contribution in [2.45, 2.75) is 46.1 Å². The Bertz CT molecular complexity index is 2300. The van der Waals surface area contributed by atoms with Gasteiger partial charge in [-0.2, -0.15) is 4.98 Å². The van der Waals surface area contributed by atoms with E-state index in [4.69, 9.17) is 39.8 Å². The van der Waals surface area contributed by atoms with Crippen LogP contribution < -0.4 is 9.47 Å². The molecule has 58 heavy (non-hydrogen) atoms. The molecule has 0 aliphatic carbocycles. The molecule has 0 saturated carbocycles. The number of tetrazole rings is 1. The Kier molecular flexibility index (Phi) is 14.0. The maximum Gasteiger partial charge on any atom is 0.515 e. The summed E-state index contributed by atoms with van der Waals surface area (Å²) < 4.78 is 23.9. The van der Waals surface area contributed by atoms with E-state index in [1.54, 1.807) is 37.3 Å². The molecule has 2 heterocycles. The summed E-state index contributed by atoms with van der Waals surface area (Å²) in [5.74, 6) is -0.101. The van der Waals surface area contributed by atoms with Gasteiger partial charge < -0.3 is 18.9 Å². The summed E-state index contributed by atoms with van der Waals surface area (Å²) in [6.07, 6.45) is -1.13. The van der Waals surface area contributed by atoms with Crippen LogP contribution in [0.25, 0.3) is 33.5 Å². The first-order valence-corrected chi connectivity index (χ1v) is 18.0. The van der Waals surface area contributed by atoms with Gasteiger partial charge in [-0.05, 0) is 78.4 Å². The highest BCUT2D eigenvalue weighted by Gasteiger charge is 2.22. The lowest BCUT2D eigenvalue weighted by atomic mass is 9.98. The number of para-hydroxylation sites is 1. The van der Waals surface area contributed by atoms with Gasteiger partial charge in [-0.3, -0.25) is 30.2 Å². The van der Waals surface area contributed by atoms with Crippen molar-refractivity contribution < 1.29 is 59.0 Å². The number of hydrogen-bond donors (Lipinski definition) is 4. The first-order chi connectivity index (χ1) is 28.1. The highest BCUT2D eigenvalue weighted by molar-refractivity contribution is 6.02. The number of rotatable bonds is 19. The number of carbonyl (C=O) groups is 2. The standard InChI is InChI=1S/C38H40N8O12/c1-3-53-37-39-33-15-9-14-32(36(47)54-20-6-7-21-55-45(49)50)34(33)43(37)23-26-16-18-28(19-17-26)30-12-4-5-13-31(30)35-40-42-44(41-35)25(2)57-38(48)58-29-11-8-10-27(22-29)24-56-46(51)52/h4-5,8-19,22,25,49-52H,3,6-7,20-21,23-24H2,1-2H3. The number of carbonyl (C=O) groups excluding carboxylic acids is 2. The molecule has 6 rings (SSSR count). The van der Waals surface area contributed by atoms with E-state index in [0.717, 1.165) is 21.5 Å². The van der Waals surface area contributed by atoms with Crippen LogP contribution in [0, 0.1) is 0 Å². The molecule has 0 aliphatic rings. The van der Waals surface area contributed by atoms with Gasteiger partial charge in [-0.25, -0.2) is 14.4 Å². The number of fused-ring (bicyclic) bond motifs is 1. The molecule has 0 bridgehead atoms. The molecule has 304 valence electrons. The van der Waals surface area contributed by atoms with Crippen molar-refractivity contribution >= 4 is 23.2 Å². The number of hydrogen-bond acceptors (Lipinski definition) is 18. The first-order valence-electron chi connectivity index (χ1n) is 18.0. The van der Waals surface area contributed by atoms with Crippen molar-refractivity contribution in [3.63, 3.8) is 0 Å². The molecule has 0 fully saturated rings. The quantitative estimate of drug-likeness (QED) is 0.0318. The fraction of sp³-hybridized carbons (Fsp3) is 0.263. The van der Waals surface area contributed by atoms with Crippen molar-refractivity contribution in [3.8, 4) is 34.3 Å². The number of nitrogens with zero attached hydrogens (tertiary/aromatic N) is 8. The summed E-state index contributed by atoms with van der Waals surface area (Å²) >= 11 is 0. The van der Waals surface area contributed by atoms with Gasteiger partial charge >= 0.3 is 12.1 Å². The minimum atomic E-state index is -1.03. The van der Waals surface area contributed by atoms with Crippen molar-refractivity contribution in [2.24, 2.45) is 0 Å². The summed E-state index contributed by atoms with van der Waals surface area (Å²) in [6, 6.07) is 27.1. The van der Waals surface area contributed by atoms with E-state index < -0.39 is 23.7 Å². The minimum absolute atomic E-state index is 0.0404. The van der Waals surface area contributed by atoms with Crippen molar-refractivity contribution in [1.82, 2.24) is 40.5 Å². The van der Waals surface area contributed by atoms with Crippen LogP contribution in [-0.4, -0.2) is 93.3 Å². The summed E-state index contributed by atoms with van der Waals surface area (Å²) in [5.41, 5.74) is 5.21. The third kappa shape index (κ3) is 10.7. The fourth-order valence-corrected chi connectivity index (χ4v) is 5.83. The molecule has 20 heteroatoms. The number of aromatic nitrogens is 6. The fourth-order valence-electron chi connectivity index (χ4n) is 5.83. The van der Waals surface area contributed by atoms with E-state index in [0.29, 0.717) is 65.6 Å². The Hall–Kier alpha value is -6.36. The van der Waals surface area contributed by atoms with Gasteiger partial charge in [0.1, 0.15) is 5.75 Å². The van der Waals surface area contributed by atoms with E-state index in [1.807, 2.05) is 60.0 Å². The summed E-state index contributed by atoms with van der Waals surface area (Å²) in [6.45, 7) is 4.04. The normalized spacial score (nSPS) is 11.9. The molecule has 4 N–H and O–H groups in total. The van der Waals surface area contributed by atoms with Crippen LogP contribution in [0.2, 0.25) is 0 Å². The zero-order valence-corrected chi connectivity index (χ0v) is 31.3. The molecule has 2 aromatic heterocycles. The van der Waals surface area contributed by atoms with E-state index in [9.17, 15) is 9.59 Å². The Balaban J connectivity index is 1.14. The topological polar surface area (TPSA) is 238 Å². The molecule has 6 aromatic rings. The summed E-state index contributed by atoms with van der Waals surface area (Å²) in [5, 5.41) is 46.8. The SMILES string of the molecule is CCOc1nc2cccc(C(=O)OCCCCON(O)O)c2n1Cc1ccc(-c2ccccc2-c2nnn(C(C)OC(=O)Oc3cccc(CON(O)O)c3)n2)cc1. The first kappa shape index (κ1) is 41.3. The third-order valence-corrected chi connectivity index (χ3v) is 8.44. The lowest BCUT2D eigenvalue weighted by Gasteiger charge is -2.13. The van der Waals surface area contributed by atoms with E-state index in [-0.39, 0.29) is 31.0 Å². The van der Waals surface area contributed by atoms with Gasteiger partial charge in [0, 0.05) is 5.56 Å². The zero-order valence-electron chi connectivity index (χ0n) is 31.3. The number of unbranched alkanes of at least 4 members (excludes halogenated alkanes) is 1. The smallest absolute Gasteiger partial charge is 0.465 e. The number of ether oxygens (including phenoxy) is 4. The number of esters is 1. The van der Waals surface area contributed by atoms with Gasteiger partial charge in [-0.15, -0.1) is 15.0 Å². The lowest BCUT2D eigenvalue weighted by molar-refractivity contribution is -0.497. The maximum absolute atomic E-state index is 13.2. The molecule has 1 unspecified atom stereocenters. The van der Waals surface area contributed by atoms with Crippen molar-refractivity contribution in [2.75, 3.05) is 19.8 Å². The summed E-state index contributed by atoms with van der Waals surface area (Å²) in [7, 11) is 0. The third-order valence-electron chi connectivity index (χ3n) is 8.44. The van der Waals surface area contributed by atoms with Gasteiger partial charge in [0.05, 0.1) is 60.3 Å². The molecular weight excluding hydrogens is 760 g/mol. The van der Waals surface area contributed by atoms with Crippen LogP contribution in [0.5, 0.6) is 11.8 Å². The van der Waals surface area contributed by atoms with Crippen LogP contribution in [0.3, 0.4) is 0 Å². The second kappa shape index (κ2) is 19.7. The summed E-state index contributed by atoms with van der Waals surface area (Å²) in [4.78, 5) is 40.7. The average molecular weight is 801 g/mol. The lowest BCUT2D eigenvalue weighted by Crippen LogP contribution is -2.19. The minimum Gasteiger partial charge on any atom is -0.465 e. The van der Waals surface area contributed by atoms with Crippen molar-refractivity contribution in [1.29, 1.82) is 0 Å². The highest BCUT2D eigenvalue weighted by atomic mass is 17.1. The van der Waals surface area contributed by atoms with E-state index in [2.05, 4.69) is 30.1 Å². The predicted octanol–water partition coefficient (Wildman–Crippen LogP) is 6.00.